The average molecular weight is 365 g/mol. The molecule has 0 amide bonds. The molecule has 0 aliphatic heterocycles. The molecule has 1 aromatic heterocycles. The van der Waals surface area contributed by atoms with E-state index in [0.717, 1.165) is 5.56 Å². The summed E-state index contributed by atoms with van der Waals surface area (Å²) in [6.45, 7) is 6.89. The summed E-state index contributed by atoms with van der Waals surface area (Å²) in [4.78, 5) is 12.5. The number of hydrogen-bond acceptors (Lipinski definition) is 5. The number of ketones is 1. The fourth-order valence-electron chi connectivity index (χ4n) is 2.63. The second kappa shape index (κ2) is 7.37. The van der Waals surface area contributed by atoms with Crippen molar-refractivity contribution in [2.45, 2.75) is 38.5 Å². The molecule has 0 spiro atoms. The molecule has 0 saturated carbocycles. The molecule has 0 aliphatic rings. The van der Waals surface area contributed by atoms with E-state index >= 15 is 0 Å². The van der Waals surface area contributed by atoms with Crippen LogP contribution in [0.4, 0.5) is 0 Å². The maximum atomic E-state index is 12.4. The van der Waals surface area contributed by atoms with Crippen LogP contribution in [0.2, 0.25) is 0 Å². The highest BCUT2D eigenvalue weighted by molar-refractivity contribution is 7.89. The summed E-state index contributed by atoms with van der Waals surface area (Å²) in [5.41, 5.74) is 2.14. The number of hydrogen-bond donors (Lipinski definition) is 2. The van der Waals surface area contributed by atoms with Crippen molar-refractivity contribution in [3.05, 3.63) is 40.7 Å². The Kier molecular flexibility index (Phi) is 5.64. The molecule has 2 rings (SSSR count). The number of benzene rings is 1. The largest absolute Gasteiger partial charge is 0.496 e. The minimum absolute atomic E-state index is 0.0814. The SMILES string of the molecule is COc1ccc(C(=O)CNS(=O)(=O)c2c(C)n[nH]c2C)cc1C(C)C. The van der Waals surface area contributed by atoms with Gasteiger partial charge in [-0.3, -0.25) is 9.89 Å². The zero-order valence-corrected chi connectivity index (χ0v) is 15.8. The van der Waals surface area contributed by atoms with Crippen LogP contribution >= 0.6 is 0 Å². The van der Waals surface area contributed by atoms with Gasteiger partial charge in [-0.2, -0.15) is 5.10 Å². The molecule has 0 saturated heterocycles. The first-order chi connectivity index (χ1) is 11.7. The lowest BCUT2D eigenvalue weighted by atomic mass is 9.98. The van der Waals surface area contributed by atoms with Crippen LogP contribution in [0.15, 0.2) is 23.1 Å². The number of rotatable bonds is 7. The Hall–Kier alpha value is -2.19. The first-order valence-corrected chi connectivity index (χ1v) is 9.38. The Morgan fingerprint density at radius 2 is 2.00 bits per heavy atom. The van der Waals surface area contributed by atoms with E-state index in [1.54, 1.807) is 39.2 Å². The van der Waals surface area contributed by atoms with Crippen molar-refractivity contribution in [3.63, 3.8) is 0 Å². The fourth-order valence-corrected chi connectivity index (χ4v) is 3.98. The van der Waals surface area contributed by atoms with Gasteiger partial charge in [0, 0.05) is 5.56 Å². The number of aryl methyl sites for hydroxylation is 2. The van der Waals surface area contributed by atoms with E-state index in [1.165, 1.54) is 0 Å². The van der Waals surface area contributed by atoms with Crippen LogP contribution in [0.5, 0.6) is 5.75 Å². The normalized spacial score (nSPS) is 11.8. The Labute approximate surface area is 147 Å². The van der Waals surface area contributed by atoms with Crippen LogP contribution in [-0.4, -0.2) is 38.1 Å². The van der Waals surface area contributed by atoms with Crippen LogP contribution in [0.1, 0.15) is 47.1 Å². The average Bonchev–Trinajstić information content (AvgIpc) is 2.91. The molecule has 1 aromatic carbocycles. The lowest BCUT2D eigenvalue weighted by Crippen LogP contribution is -2.30. The van der Waals surface area contributed by atoms with Crippen LogP contribution < -0.4 is 9.46 Å². The molecule has 2 aromatic rings. The van der Waals surface area contributed by atoms with Gasteiger partial charge in [0.25, 0.3) is 0 Å². The highest BCUT2D eigenvalue weighted by Crippen LogP contribution is 2.27. The van der Waals surface area contributed by atoms with E-state index in [1.807, 2.05) is 13.8 Å². The van der Waals surface area contributed by atoms with E-state index in [4.69, 9.17) is 4.74 Å². The van der Waals surface area contributed by atoms with E-state index in [0.29, 0.717) is 22.7 Å². The molecule has 0 atom stereocenters. The zero-order chi connectivity index (χ0) is 18.8. The summed E-state index contributed by atoms with van der Waals surface area (Å²) in [6, 6.07) is 5.10. The van der Waals surface area contributed by atoms with Crippen LogP contribution in [0.25, 0.3) is 0 Å². The number of carbonyl (C=O) groups is 1. The number of aromatic nitrogens is 2. The standard InChI is InChI=1S/C17H23N3O4S/c1-10(2)14-8-13(6-7-16(14)24-5)15(21)9-18-25(22,23)17-11(3)19-20-12(17)4/h6-8,10,18H,9H2,1-5H3,(H,19,20). The molecule has 25 heavy (non-hydrogen) atoms. The summed E-state index contributed by atoms with van der Waals surface area (Å²) in [5.74, 6) is 0.569. The number of aromatic amines is 1. The third kappa shape index (κ3) is 4.08. The molecule has 8 heteroatoms. The number of sulfonamides is 1. The van der Waals surface area contributed by atoms with E-state index in [2.05, 4.69) is 14.9 Å². The molecule has 1 heterocycles. The predicted octanol–water partition coefficient (Wildman–Crippen LogP) is 2.32. The smallest absolute Gasteiger partial charge is 0.244 e. The van der Waals surface area contributed by atoms with Gasteiger partial charge in [-0.25, -0.2) is 13.1 Å². The molecule has 2 N–H and O–H groups in total. The molecule has 7 nitrogen and oxygen atoms in total. The zero-order valence-electron chi connectivity index (χ0n) is 15.0. The quantitative estimate of drug-likeness (QED) is 0.733. The Morgan fingerprint density at radius 1 is 1.32 bits per heavy atom. The van der Waals surface area contributed by atoms with Gasteiger partial charge in [-0.15, -0.1) is 0 Å². The number of carbonyl (C=O) groups excluding carboxylic acids is 1. The summed E-state index contributed by atoms with van der Waals surface area (Å²) >= 11 is 0. The Morgan fingerprint density at radius 3 is 2.52 bits per heavy atom. The number of methoxy groups -OCH3 is 1. The highest BCUT2D eigenvalue weighted by atomic mass is 32.2. The molecule has 0 aliphatic carbocycles. The Balaban J connectivity index is 2.19. The van der Waals surface area contributed by atoms with E-state index in [-0.39, 0.29) is 23.1 Å². The second-order valence-electron chi connectivity index (χ2n) is 6.12. The van der Waals surface area contributed by atoms with Gasteiger partial charge >= 0.3 is 0 Å². The minimum atomic E-state index is -3.81. The maximum absolute atomic E-state index is 12.4. The van der Waals surface area contributed by atoms with Crippen molar-refractivity contribution in [2.75, 3.05) is 13.7 Å². The summed E-state index contributed by atoms with van der Waals surface area (Å²) in [6.07, 6.45) is 0. The van der Waals surface area contributed by atoms with Gasteiger partial charge in [-0.05, 0) is 43.5 Å². The van der Waals surface area contributed by atoms with Crippen molar-refractivity contribution in [1.82, 2.24) is 14.9 Å². The number of nitrogens with zero attached hydrogens (tertiary/aromatic N) is 1. The summed E-state index contributed by atoms with van der Waals surface area (Å²) < 4.78 is 32.5. The highest BCUT2D eigenvalue weighted by Gasteiger charge is 2.23. The number of nitrogens with one attached hydrogen (secondary N) is 2. The van der Waals surface area contributed by atoms with Crippen LogP contribution in [-0.2, 0) is 10.0 Å². The third-order valence-corrected chi connectivity index (χ3v) is 5.59. The maximum Gasteiger partial charge on any atom is 0.244 e. The van der Waals surface area contributed by atoms with Gasteiger partial charge in [0.15, 0.2) is 5.78 Å². The molecular weight excluding hydrogens is 342 g/mol. The fraction of sp³-hybridized carbons (Fsp3) is 0.412. The minimum Gasteiger partial charge on any atom is -0.496 e. The monoisotopic (exact) mass is 365 g/mol. The first kappa shape index (κ1) is 19.1. The lowest BCUT2D eigenvalue weighted by molar-refractivity contribution is 0.0997. The molecule has 0 fully saturated rings. The van der Waals surface area contributed by atoms with Crippen molar-refractivity contribution >= 4 is 15.8 Å². The van der Waals surface area contributed by atoms with Crippen molar-refractivity contribution in [2.24, 2.45) is 0 Å². The molecular formula is C17H23N3O4S. The van der Waals surface area contributed by atoms with E-state index < -0.39 is 10.0 Å². The third-order valence-electron chi connectivity index (χ3n) is 3.93. The van der Waals surface area contributed by atoms with Gasteiger partial charge in [-0.1, -0.05) is 13.8 Å². The van der Waals surface area contributed by atoms with E-state index in [9.17, 15) is 13.2 Å². The van der Waals surface area contributed by atoms with Crippen molar-refractivity contribution in [1.29, 1.82) is 0 Å². The molecule has 0 bridgehead atoms. The van der Waals surface area contributed by atoms with Gasteiger partial charge < -0.3 is 4.74 Å². The lowest BCUT2D eigenvalue weighted by Gasteiger charge is -2.13. The molecule has 0 unspecified atom stereocenters. The topological polar surface area (TPSA) is 101 Å². The number of ether oxygens (including phenoxy) is 1. The second-order valence-corrected chi connectivity index (χ2v) is 7.83. The van der Waals surface area contributed by atoms with Gasteiger partial charge in [0.1, 0.15) is 10.6 Å². The summed E-state index contributed by atoms with van der Waals surface area (Å²) in [5, 5.41) is 6.50. The predicted molar refractivity (Wildman–Crippen MR) is 94.7 cm³/mol. The molecule has 0 radical (unpaired) electrons. The van der Waals surface area contributed by atoms with Crippen LogP contribution in [0.3, 0.4) is 0 Å². The first-order valence-electron chi connectivity index (χ1n) is 7.89. The van der Waals surface area contributed by atoms with Crippen LogP contribution in [0, 0.1) is 13.8 Å². The number of H-pyrrole nitrogens is 1. The Bertz CT molecular complexity index is 866. The van der Waals surface area contributed by atoms with Crippen molar-refractivity contribution < 1.29 is 17.9 Å². The number of Topliss-reactive ketones (excluding diaryl/α,β-unsaturated/α-hetero) is 1. The molecule has 136 valence electrons. The van der Waals surface area contributed by atoms with Gasteiger partial charge in [0.05, 0.1) is 25.0 Å². The van der Waals surface area contributed by atoms with Crippen molar-refractivity contribution in [3.8, 4) is 5.75 Å². The van der Waals surface area contributed by atoms with Gasteiger partial charge in [0.2, 0.25) is 10.0 Å². The summed E-state index contributed by atoms with van der Waals surface area (Å²) in [7, 11) is -2.23.